The fourth-order valence-electron chi connectivity index (χ4n) is 3.79. The molecule has 1 amide bonds. The third kappa shape index (κ3) is 6.01. The van der Waals surface area contributed by atoms with E-state index in [9.17, 15) is 18.0 Å². The summed E-state index contributed by atoms with van der Waals surface area (Å²) in [4.78, 5) is 18.4. The van der Waals surface area contributed by atoms with Crippen molar-refractivity contribution in [3.63, 3.8) is 0 Å². The number of rotatable bonds is 6. The number of guanidine groups is 1. The topological polar surface area (TPSA) is 56.7 Å². The van der Waals surface area contributed by atoms with E-state index in [4.69, 9.17) is 0 Å². The molecule has 2 N–H and O–H groups in total. The molecule has 2 fully saturated rings. The average Bonchev–Trinajstić information content (AvgIpc) is 3.35. The maximum atomic E-state index is 13.1. The molecule has 30 heavy (non-hydrogen) atoms. The molecular formula is C21H30F3IN4O. The van der Waals surface area contributed by atoms with E-state index in [1.54, 1.807) is 6.07 Å². The molecule has 5 nitrogen and oxygen atoms in total. The first-order valence-electron chi connectivity index (χ1n) is 10.3. The fourth-order valence-corrected chi connectivity index (χ4v) is 3.79. The van der Waals surface area contributed by atoms with Crippen molar-refractivity contribution in [1.82, 2.24) is 15.5 Å². The minimum Gasteiger partial charge on any atom is -0.357 e. The average molecular weight is 538 g/mol. The predicted molar refractivity (Wildman–Crippen MR) is 122 cm³/mol. The first-order valence-corrected chi connectivity index (χ1v) is 10.3. The lowest BCUT2D eigenvalue weighted by molar-refractivity contribution is -0.137. The Morgan fingerprint density at radius 1 is 1.30 bits per heavy atom. The second-order valence-corrected chi connectivity index (χ2v) is 7.88. The van der Waals surface area contributed by atoms with E-state index < -0.39 is 11.7 Å². The Morgan fingerprint density at radius 3 is 2.63 bits per heavy atom. The zero-order valence-corrected chi connectivity index (χ0v) is 19.7. The summed E-state index contributed by atoms with van der Waals surface area (Å²) in [6.45, 7) is 6.34. The SMILES string of the molecule is CCNC(=NCC1(c2cccc(C(F)(F)F)c2)CC1)NC1CCN(C(=O)CC)C1.I. The molecule has 1 atom stereocenters. The number of likely N-dealkylation sites (tertiary alicyclic amines) is 1. The van der Waals surface area contributed by atoms with Gasteiger partial charge < -0.3 is 15.5 Å². The number of amides is 1. The number of alkyl halides is 3. The fraction of sp³-hybridized carbons (Fsp3) is 0.619. The van der Waals surface area contributed by atoms with Crippen molar-refractivity contribution < 1.29 is 18.0 Å². The van der Waals surface area contributed by atoms with Gasteiger partial charge in [0.1, 0.15) is 0 Å². The molecule has 3 rings (SSSR count). The van der Waals surface area contributed by atoms with Crippen LogP contribution in [-0.4, -0.2) is 49.0 Å². The molecule has 1 aromatic rings. The third-order valence-corrected chi connectivity index (χ3v) is 5.72. The molecular weight excluding hydrogens is 508 g/mol. The number of aliphatic imine (C=N–C) groups is 1. The molecule has 1 aliphatic heterocycles. The van der Waals surface area contributed by atoms with Gasteiger partial charge in [0.25, 0.3) is 0 Å². The van der Waals surface area contributed by atoms with Crippen molar-refractivity contribution in [3.8, 4) is 0 Å². The Hall–Kier alpha value is -1.52. The number of hydrogen-bond acceptors (Lipinski definition) is 2. The Balaban J connectivity index is 0.00000320. The van der Waals surface area contributed by atoms with Gasteiger partial charge >= 0.3 is 6.18 Å². The maximum absolute atomic E-state index is 13.1. The van der Waals surface area contributed by atoms with Crippen molar-refractivity contribution in [2.75, 3.05) is 26.2 Å². The van der Waals surface area contributed by atoms with Crippen LogP contribution in [0.5, 0.6) is 0 Å². The smallest absolute Gasteiger partial charge is 0.357 e. The molecule has 1 saturated carbocycles. The highest BCUT2D eigenvalue weighted by atomic mass is 127. The summed E-state index contributed by atoms with van der Waals surface area (Å²) in [5.74, 6) is 0.805. The van der Waals surface area contributed by atoms with Gasteiger partial charge in [0.05, 0.1) is 12.1 Å². The quantitative estimate of drug-likeness (QED) is 0.328. The van der Waals surface area contributed by atoms with Crippen LogP contribution in [0.4, 0.5) is 13.2 Å². The number of hydrogen-bond donors (Lipinski definition) is 2. The molecule has 1 aliphatic carbocycles. The molecule has 0 aromatic heterocycles. The van der Waals surface area contributed by atoms with Crippen LogP contribution in [0, 0.1) is 0 Å². The van der Waals surface area contributed by atoms with Crippen molar-refractivity contribution in [1.29, 1.82) is 0 Å². The van der Waals surface area contributed by atoms with Gasteiger partial charge in [-0.2, -0.15) is 13.2 Å². The van der Waals surface area contributed by atoms with E-state index in [-0.39, 0.29) is 41.3 Å². The predicted octanol–water partition coefficient (Wildman–Crippen LogP) is 3.92. The molecule has 1 aromatic carbocycles. The van der Waals surface area contributed by atoms with Crippen LogP contribution in [-0.2, 0) is 16.4 Å². The number of nitrogens with one attached hydrogen (secondary N) is 2. The minimum absolute atomic E-state index is 0. The summed E-state index contributed by atoms with van der Waals surface area (Å²) in [5, 5.41) is 6.59. The lowest BCUT2D eigenvalue weighted by atomic mass is 9.94. The van der Waals surface area contributed by atoms with Crippen LogP contribution >= 0.6 is 24.0 Å². The Morgan fingerprint density at radius 2 is 2.03 bits per heavy atom. The van der Waals surface area contributed by atoms with Gasteiger partial charge in [-0.15, -0.1) is 24.0 Å². The summed E-state index contributed by atoms with van der Waals surface area (Å²) < 4.78 is 39.2. The Kier molecular flexibility index (Phi) is 8.41. The standard InChI is InChI=1S/C21H29F3N4O.HI/c1-3-18(29)28-11-8-17(13-28)27-19(25-4-2)26-14-20(9-10-20)15-6-5-7-16(12-15)21(22,23)24;/h5-7,12,17H,3-4,8-11,13-14H2,1-2H3,(H2,25,26,27);1H. The van der Waals surface area contributed by atoms with Crippen molar-refractivity contribution in [2.24, 2.45) is 4.99 Å². The molecule has 1 unspecified atom stereocenters. The van der Waals surface area contributed by atoms with E-state index in [0.29, 0.717) is 37.6 Å². The van der Waals surface area contributed by atoms with Crippen LogP contribution in [0.1, 0.15) is 50.7 Å². The first-order chi connectivity index (χ1) is 13.8. The highest BCUT2D eigenvalue weighted by Gasteiger charge is 2.45. The van der Waals surface area contributed by atoms with E-state index >= 15 is 0 Å². The zero-order valence-electron chi connectivity index (χ0n) is 17.4. The number of carbonyl (C=O) groups is 1. The molecule has 2 aliphatic rings. The zero-order chi connectivity index (χ0) is 21.1. The largest absolute Gasteiger partial charge is 0.416 e. The van der Waals surface area contributed by atoms with Gasteiger partial charge in [-0.25, -0.2) is 0 Å². The van der Waals surface area contributed by atoms with E-state index in [1.165, 1.54) is 12.1 Å². The van der Waals surface area contributed by atoms with E-state index in [1.807, 2.05) is 18.7 Å². The van der Waals surface area contributed by atoms with Gasteiger partial charge in [-0.3, -0.25) is 9.79 Å². The van der Waals surface area contributed by atoms with Crippen molar-refractivity contribution >= 4 is 35.8 Å². The van der Waals surface area contributed by atoms with Crippen LogP contribution in [0.15, 0.2) is 29.3 Å². The molecule has 1 saturated heterocycles. The van der Waals surface area contributed by atoms with E-state index in [0.717, 1.165) is 31.9 Å². The molecule has 0 spiro atoms. The molecule has 168 valence electrons. The molecule has 0 radical (unpaired) electrons. The molecule has 9 heteroatoms. The Bertz CT molecular complexity index is 765. The molecule has 1 heterocycles. The Labute approximate surface area is 192 Å². The monoisotopic (exact) mass is 538 g/mol. The minimum atomic E-state index is -4.34. The lowest BCUT2D eigenvalue weighted by Crippen LogP contribution is -2.45. The van der Waals surface area contributed by atoms with Crippen LogP contribution < -0.4 is 10.6 Å². The molecule has 0 bridgehead atoms. The maximum Gasteiger partial charge on any atom is 0.416 e. The first kappa shape index (κ1) is 24.7. The van der Waals surface area contributed by atoms with Gasteiger partial charge in [-0.1, -0.05) is 25.1 Å². The highest BCUT2D eigenvalue weighted by Crippen LogP contribution is 2.49. The van der Waals surface area contributed by atoms with Gasteiger partial charge in [-0.05, 0) is 37.8 Å². The van der Waals surface area contributed by atoms with Gasteiger partial charge in [0.2, 0.25) is 5.91 Å². The number of nitrogens with zero attached hydrogens (tertiary/aromatic N) is 2. The van der Waals surface area contributed by atoms with Gasteiger partial charge in [0, 0.05) is 37.5 Å². The van der Waals surface area contributed by atoms with Crippen molar-refractivity contribution in [3.05, 3.63) is 35.4 Å². The lowest BCUT2D eigenvalue weighted by Gasteiger charge is -2.20. The summed E-state index contributed by atoms with van der Waals surface area (Å²) >= 11 is 0. The summed E-state index contributed by atoms with van der Waals surface area (Å²) in [7, 11) is 0. The second kappa shape index (κ2) is 10.2. The summed E-state index contributed by atoms with van der Waals surface area (Å²) in [5.41, 5.74) is -0.224. The second-order valence-electron chi connectivity index (χ2n) is 7.88. The summed E-state index contributed by atoms with van der Waals surface area (Å²) in [6.07, 6.45) is -1.32. The third-order valence-electron chi connectivity index (χ3n) is 5.72. The number of benzene rings is 1. The summed E-state index contributed by atoms with van der Waals surface area (Å²) in [6, 6.07) is 5.74. The highest BCUT2D eigenvalue weighted by molar-refractivity contribution is 14.0. The number of carbonyl (C=O) groups excluding carboxylic acids is 1. The number of halogens is 4. The van der Waals surface area contributed by atoms with Gasteiger partial charge in [0.15, 0.2) is 5.96 Å². The van der Waals surface area contributed by atoms with Crippen molar-refractivity contribution in [2.45, 2.75) is 57.2 Å². The van der Waals surface area contributed by atoms with Crippen LogP contribution in [0.2, 0.25) is 0 Å². The van der Waals surface area contributed by atoms with Crippen LogP contribution in [0.3, 0.4) is 0 Å². The van der Waals surface area contributed by atoms with E-state index in [2.05, 4.69) is 15.6 Å². The van der Waals surface area contributed by atoms with Crippen LogP contribution in [0.25, 0.3) is 0 Å². The normalized spacial score (nSPS) is 20.5.